The van der Waals surface area contributed by atoms with Gasteiger partial charge in [0.05, 0.1) is 13.2 Å². The highest BCUT2D eigenvalue weighted by molar-refractivity contribution is 5.74. The van der Waals surface area contributed by atoms with Crippen molar-refractivity contribution in [3.63, 3.8) is 0 Å². The maximum Gasteiger partial charge on any atom is 0.227 e. The predicted molar refractivity (Wildman–Crippen MR) is 384 cm³/mol. The number of hydrogen-bond acceptors (Lipinski definition) is 11. The van der Waals surface area contributed by atoms with E-state index < -0.39 is 0 Å². The second-order valence-corrected chi connectivity index (χ2v) is 29.6. The van der Waals surface area contributed by atoms with Crippen LogP contribution in [0.2, 0.25) is 0 Å². The smallest absolute Gasteiger partial charge is 0.227 e. The number of carbonyl (C=O) groups excluding carboxylic acids is 2. The molecule has 3 aliphatic carbocycles. The SMILES string of the molecule is C1CCN(C2CC2)CC1.CC(=O)N1CC2CCC1C2.CC(=O)N1CCCCC1.CC(C)N1CCCCC1.CCCN1CC2CCC1C2.CCCN1CCCCC1.CCN1CCCCC1.CN1CCCCC1.OCCN1CCCCC1.[C-]#[N+]CCN1CCCCC1. The lowest BCUT2D eigenvalue weighted by atomic mass is 10.1. The van der Waals surface area contributed by atoms with Gasteiger partial charge in [0.2, 0.25) is 18.4 Å². The van der Waals surface area contributed by atoms with Crippen molar-refractivity contribution >= 4 is 11.8 Å². The van der Waals surface area contributed by atoms with E-state index in [1.165, 1.54) is 336 Å². The van der Waals surface area contributed by atoms with Crippen LogP contribution in [0, 0.1) is 18.4 Å². The average molecular weight is 1270 g/mol. The second kappa shape index (κ2) is 51.4. The molecule has 90 heavy (non-hydrogen) atoms. The topological polar surface area (TPSA) is 91.1 Å². The zero-order valence-electron chi connectivity index (χ0n) is 60.9. The normalized spacial score (nSPS) is 26.6. The largest absolute Gasteiger partial charge is 0.395 e. The maximum absolute atomic E-state index is 11.0. The first-order valence-corrected chi connectivity index (χ1v) is 39.1. The van der Waals surface area contributed by atoms with Crippen LogP contribution in [-0.2, 0) is 9.59 Å². The molecule has 14 heteroatoms. The van der Waals surface area contributed by atoms with Crippen LogP contribution in [0.15, 0.2) is 0 Å². The zero-order valence-corrected chi connectivity index (χ0v) is 60.9. The lowest BCUT2D eigenvalue weighted by Gasteiger charge is -2.29. The summed E-state index contributed by atoms with van der Waals surface area (Å²) >= 11 is 0. The number of aliphatic hydroxyl groups excluding tert-OH is 1. The molecule has 10 saturated heterocycles. The number of likely N-dealkylation sites (tertiary alicyclic amines) is 10. The number of piperidine rings is 10. The average Bonchev–Trinajstić information content (AvgIpc) is 2.25. The molecule has 10 heterocycles. The number of rotatable bonds is 11. The van der Waals surface area contributed by atoms with Crippen molar-refractivity contribution in [3.05, 3.63) is 11.4 Å². The zero-order chi connectivity index (χ0) is 64.8. The molecule has 13 rings (SSSR count). The minimum atomic E-state index is 0.231. The van der Waals surface area contributed by atoms with E-state index in [2.05, 4.69) is 85.7 Å². The summed E-state index contributed by atoms with van der Waals surface area (Å²) in [6.07, 6.45) is 47.3. The van der Waals surface area contributed by atoms with Gasteiger partial charge in [0.15, 0.2) is 0 Å². The molecule has 526 valence electrons. The van der Waals surface area contributed by atoms with Crippen LogP contribution < -0.4 is 0 Å². The van der Waals surface area contributed by atoms with E-state index in [1.54, 1.807) is 13.8 Å². The molecule has 0 aromatic carbocycles. The highest BCUT2D eigenvalue weighted by atomic mass is 16.3. The Morgan fingerprint density at radius 2 is 0.844 bits per heavy atom. The third-order valence-electron chi connectivity index (χ3n) is 21.5. The van der Waals surface area contributed by atoms with Crippen molar-refractivity contribution in [2.75, 3.05) is 171 Å². The molecule has 4 bridgehead atoms. The lowest BCUT2D eigenvalue weighted by Crippen LogP contribution is -2.35. The first kappa shape index (κ1) is 80.5. The van der Waals surface area contributed by atoms with Crippen LogP contribution in [0.3, 0.4) is 0 Å². The van der Waals surface area contributed by atoms with E-state index in [4.69, 9.17) is 11.7 Å². The van der Waals surface area contributed by atoms with Crippen LogP contribution in [0.5, 0.6) is 0 Å². The van der Waals surface area contributed by atoms with Crippen molar-refractivity contribution in [1.82, 2.24) is 49.0 Å². The van der Waals surface area contributed by atoms with Gasteiger partial charge in [0.1, 0.15) is 0 Å². The Labute approximate surface area is 557 Å². The molecule has 3 saturated carbocycles. The molecule has 0 radical (unpaired) electrons. The monoisotopic (exact) mass is 1260 g/mol. The van der Waals surface area contributed by atoms with Crippen LogP contribution in [-0.4, -0.2) is 261 Å². The Morgan fingerprint density at radius 1 is 0.444 bits per heavy atom. The number of nitrogens with zero attached hydrogens (tertiary/aromatic N) is 11. The molecule has 10 aliphatic heterocycles. The fourth-order valence-electron chi connectivity index (χ4n) is 15.8. The minimum Gasteiger partial charge on any atom is -0.395 e. The number of fused-ring (bicyclic) bond motifs is 4. The molecule has 4 atom stereocenters. The van der Waals surface area contributed by atoms with Crippen LogP contribution in [0.25, 0.3) is 4.85 Å². The van der Waals surface area contributed by atoms with E-state index in [0.717, 1.165) is 62.7 Å². The van der Waals surface area contributed by atoms with Gasteiger partial charge in [-0.15, -0.1) is 0 Å². The van der Waals surface area contributed by atoms with Crippen LogP contribution in [0.4, 0.5) is 0 Å². The van der Waals surface area contributed by atoms with Crippen molar-refractivity contribution < 1.29 is 14.7 Å². The summed E-state index contributed by atoms with van der Waals surface area (Å²) in [7, 11) is 2.19. The molecule has 2 amide bonds. The van der Waals surface area contributed by atoms with Crippen LogP contribution in [0.1, 0.15) is 267 Å². The van der Waals surface area contributed by atoms with E-state index in [1.807, 2.05) is 9.80 Å². The van der Waals surface area contributed by atoms with Gasteiger partial charge in [-0.3, -0.25) is 14.5 Å². The first-order valence-electron chi connectivity index (χ1n) is 39.1. The molecule has 0 spiro atoms. The Bertz CT molecular complexity index is 1700. The van der Waals surface area contributed by atoms with E-state index in [-0.39, 0.29) is 11.8 Å². The molecule has 0 aromatic heterocycles. The summed E-state index contributed by atoms with van der Waals surface area (Å²) in [4.78, 5) is 49.1. The fourth-order valence-corrected chi connectivity index (χ4v) is 15.8. The van der Waals surface area contributed by atoms with Crippen molar-refractivity contribution in [3.8, 4) is 0 Å². The quantitative estimate of drug-likeness (QED) is 0.201. The Morgan fingerprint density at radius 3 is 1.14 bits per heavy atom. The highest BCUT2D eigenvalue weighted by Crippen LogP contribution is 2.38. The molecule has 4 unspecified atom stereocenters. The van der Waals surface area contributed by atoms with Gasteiger partial charge in [0.25, 0.3) is 0 Å². The van der Waals surface area contributed by atoms with Crippen molar-refractivity contribution in [2.24, 2.45) is 11.8 Å². The van der Waals surface area contributed by atoms with Gasteiger partial charge in [0, 0.05) is 70.7 Å². The number of β-amino-alcohol motifs (C(OH)–C–C–N with tert-alkyl or cyclic N) is 1. The predicted octanol–water partition coefficient (Wildman–Crippen LogP) is 13.8. The lowest BCUT2D eigenvalue weighted by molar-refractivity contribution is -0.130. The third-order valence-corrected chi connectivity index (χ3v) is 21.5. The summed E-state index contributed by atoms with van der Waals surface area (Å²) in [6.45, 7) is 50.8. The van der Waals surface area contributed by atoms with E-state index in [0.29, 0.717) is 19.2 Å². The Hall–Kier alpha value is -1.93. The highest BCUT2D eigenvalue weighted by Gasteiger charge is 2.39. The fraction of sp³-hybridized carbons (Fsp3) is 0.961. The molecular formula is C76H149N11O3. The summed E-state index contributed by atoms with van der Waals surface area (Å²) < 4.78 is 0. The van der Waals surface area contributed by atoms with Crippen molar-refractivity contribution in [1.29, 1.82) is 0 Å². The van der Waals surface area contributed by atoms with Gasteiger partial charge in [-0.25, -0.2) is 6.57 Å². The van der Waals surface area contributed by atoms with Gasteiger partial charge >= 0.3 is 0 Å². The molecule has 1 N–H and O–H groups in total. The third kappa shape index (κ3) is 36.8. The van der Waals surface area contributed by atoms with Gasteiger partial charge in [-0.1, -0.05) is 65.7 Å². The van der Waals surface area contributed by atoms with Crippen LogP contribution >= 0.6 is 0 Å². The molecule has 0 aromatic rings. The summed E-state index contributed by atoms with van der Waals surface area (Å²) in [5.41, 5.74) is 0. The Kier molecular flexibility index (Phi) is 45.9. The number of hydrogen-bond donors (Lipinski definition) is 1. The summed E-state index contributed by atoms with van der Waals surface area (Å²) in [6, 6.07) is 3.39. The van der Waals surface area contributed by atoms with Gasteiger partial charge in [-0.05, 0) is 317 Å². The minimum absolute atomic E-state index is 0.231. The van der Waals surface area contributed by atoms with E-state index >= 15 is 0 Å². The maximum atomic E-state index is 11.0. The standard InChI is InChI=1S/C9H17N.C8H14N2.C8H13NO.C8H15N.2C8H17N.C7H13NO.C7H15NO.C7H15N.C6H13N/c1-2-5-10-7-8-3-4-9(10)6-8;1-9-5-8-10-6-3-2-4-7-10;1-6(10)9-5-7-2-3-8(9)4-7;1-2-6-9(7-3-1)8-4-5-8;1-8(2)9-6-4-3-5-7-9;1-2-6-9-7-4-3-5-8-9;1-7(9)8-5-3-2-4-6-8;9-7-6-8-4-2-1-3-5-8;1-2-8-6-4-3-5-7-8;1-7-5-3-2-4-6-7/h8-9H,2-7H2,1H3;2-8H2;7-8H,2-5H2,1H3;8H,1-7H2;8H,3-7H2,1-2H3;2-8H2,1H3;2-6H2,1H3;9H,1-7H2;2-7H2,1H3;2-6H2,1H3. The summed E-state index contributed by atoms with van der Waals surface area (Å²) in [5.74, 6) is 2.42. The van der Waals surface area contributed by atoms with E-state index in [9.17, 15) is 9.59 Å². The number of amides is 2. The second-order valence-electron chi connectivity index (χ2n) is 29.6. The molecule has 13 aliphatic rings. The first-order chi connectivity index (χ1) is 43.9. The number of carbonyl (C=O) groups is 2. The van der Waals surface area contributed by atoms with Gasteiger partial charge in [-0.2, -0.15) is 0 Å². The Balaban J connectivity index is 0.000000214. The van der Waals surface area contributed by atoms with Gasteiger partial charge < -0.3 is 54.1 Å². The molecule has 14 nitrogen and oxygen atoms in total. The van der Waals surface area contributed by atoms with Crippen molar-refractivity contribution in [2.45, 2.75) is 291 Å². The molecular weight excluding hydrogens is 1110 g/mol. The number of aliphatic hydroxyl groups is 1. The molecule has 13 fully saturated rings. The summed E-state index contributed by atoms with van der Waals surface area (Å²) in [5, 5.41) is 8.58.